The van der Waals surface area contributed by atoms with E-state index < -0.39 is 11.6 Å². The lowest BCUT2D eigenvalue weighted by Gasteiger charge is -2.15. The Morgan fingerprint density at radius 1 is 1.19 bits per heavy atom. The van der Waals surface area contributed by atoms with Crippen LogP contribution in [0.5, 0.6) is 0 Å². The minimum absolute atomic E-state index is 0.0614. The molecule has 0 aromatic heterocycles. The van der Waals surface area contributed by atoms with Crippen molar-refractivity contribution in [3.05, 3.63) is 39.4 Å². The van der Waals surface area contributed by atoms with E-state index in [1.807, 2.05) is 0 Å². The number of rotatable bonds is 1. The van der Waals surface area contributed by atoms with Gasteiger partial charge in [0.25, 0.3) is 0 Å². The highest BCUT2D eigenvalue weighted by Crippen LogP contribution is 2.25. The molecular formula is C12H12BrF2N. The molecular weight excluding hydrogens is 276 g/mol. The molecule has 0 atom stereocenters. The molecule has 1 N–H and O–H groups in total. The highest BCUT2D eigenvalue weighted by molar-refractivity contribution is 9.10. The van der Waals surface area contributed by atoms with Crippen LogP contribution in [0.3, 0.4) is 0 Å². The van der Waals surface area contributed by atoms with Gasteiger partial charge >= 0.3 is 0 Å². The maximum Gasteiger partial charge on any atom is 0.147 e. The lowest BCUT2D eigenvalue weighted by atomic mass is 10.0. The predicted molar refractivity (Wildman–Crippen MR) is 64.1 cm³/mol. The third kappa shape index (κ3) is 2.50. The van der Waals surface area contributed by atoms with Gasteiger partial charge < -0.3 is 5.32 Å². The molecule has 0 spiro atoms. The fourth-order valence-corrected chi connectivity index (χ4v) is 2.12. The molecule has 2 rings (SSSR count). The van der Waals surface area contributed by atoms with Crippen LogP contribution >= 0.6 is 15.9 Å². The minimum atomic E-state index is -0.522. The molecule has 0 aliphatic carbocycles. The summed E-state index contributed by atoms with van der Waals surface area (Å²) in [5.41, 5.74) is 1.15. The highest BCUT2D eigenvalue weighted by Gasteiger charge is 2.12. The highest BCUT2D eigenvalue weighted by atomic mass is 79.9. The van der Waals surface area contributed by atoms with Crippen LogP contribution < -0.4 is 5.32 Å². The van der Waals surface area contributed by atoms with Gasteiger partial charge in [-0.1, -0.05) is 5.57 Å². The van der Waals surface area contributed by atoms with Crippen LogP contribution in [-0.4, -0.2) is 13.1 Å². The summed E-state index contributed by atoms with van der Waals surface area (Å²) in [6.07, 6.45) is 3.34. The summed E-state index contributed by atoms with van der Waals surface area (Å²) >= 11 is 3.06. The molecule has 0 amide bonds. The monoisotopic (exact) mass is 287 g/mol. The molecule has 1 fully saturated rings. The van der Waals surface area contributed by atoms with Gasteiger partial charge in [-0.05, 0) is 60.1 Å². The standard InChI is InChI=1S/C12H12BrF2N/c13-10-1-2-11(14)9(12(10)15)7-8-3-5-16-6-4-8/h1-2,7,16H,3-6H2. The van der Waals surface area contributed by atoms with E-state index >= 15 is 0 Å². The van der Waals surface area contributed by atoms with Crippen molar-refractivity contribution in [2.24, 2.45) is 0 Å². The van der Waals surface area contributed by atoms with E-state index in [0.717, 1.165) is 31.5 Å². The molecule has 1 saturated heterocycles. The van der Waals surface area contributed by atoms with Gasteiger partial charge in [-0.25, -0.2) is 8.78 Å². The molecule has 0 radical (unpaired) electrons. The Bertz CT molecular complexity index is 421. The van der Waals surface area contributed by atoms with Crippen molar-refractivity contribution in [1.29, 1.82) is 0 Å². The van der Waals surface area contributed by atoms with Crippen LogP contribution in [0.25, 0.3) is 6.08 Å². The van der Waals surface area contributed by atoms with Gasteiger partial charge in [0, 0.05) is 5.56 Å². The molecule has 1 aliphatic heterocycles. The number of nitrogens with one attached hydrogen (secondary N) is 1. The minimum Gasteiger partial charge on any atom is -0.316 e. The van der Waals surface area contributed by atoms with Crippen molar-refractivity contribution in [1.82, 2.24) is 5.32 Å². The van der Waals surface area contributed by atoms with Crippen LogP contribution in [0.4, 0.5) is 8.78 Å². The number of hydrogen-bond acceptors (Lipinski definition) is 1. The molecule has 1 aromatic carbocycles. The normalized spacial score (nSPS) is 16.3. The first-order valence-corrected chi connectivity index (χ1v) is 6.01. The van der Waals surface area contributed by atoms with E-state index in [1.54, 1.807) is 6.08 Å². The first kappa shape index (κ1) is 11.7. The second-order valence-electron chi connectivity index (χ2n) is 3.81. The Labute approximate surface area is 102 Å². The van der Waals surface area contributed by atoms with Crippen molar-refractivity contribution in [3.63, 3.8) is 0 Å². The summed E-state index contributed by atoms with van der Waals surface area (Å²) in [7, 11) is 0. The zero-order valence-electron chi connectivity index (χ0n) is 8.69. The number of benzene rings is 1. The van der Waals surface area contributed by atoms with Gasteiger partial charge in [0.05, 0.1) is 4.47 Å². The largest absolute Gasteiger partial charge is 0.316 e. The summed E-state index contributed by atoms with van der Waals surface area (Å²) in [5.74, 6) is -1.03. The molecule has 86 valence electrons. The average Bonchev–Trinajstić information content (AvgIpc) is 2.31. The average molecular weight is 288 g/mol. The van der Waals surface area contributed by atoms with E-state index in [0.29, 0.717) is 4.47 Å². The first-order valence-electron chi connectivity index (χ1n) is 5.22. The second kappa shape index (κ2) is 5.06. The van der Waals surface area contributed by atoms with Crippen molar-refractivity contribution < 1.29 is 8.78 Å². The Balaban J connectivity index is 2.36. The van der Waals surface area contributed by atoms with E-state index in [1.165, 1.54) is 12.1 Å². The van der Waals surface area contributed by atoms with E-state index in [4.69, 9.17) is 0 Å². The zero-order valence-corrected chi connectivity index (χ0v) is 10.3. The lowest BCUT2D eigenvalue weighted by molar-refractivity contribution is 0.572. The van der Waals surface area contributed by atoms with Gasteiger partial charge in [-0.2, -0.15) is 0 Å². The third-order valence-electron chi connectivity index (χ3n) is 2.67. The lowest BCUT2D eigenvalue weighted by Crippen LogP contribution is -2.23. The third-order valence-corrected chi connectivity index (χ3v) is 3.29. The second-order valence-corrected chi connectivity index (χ2v) is 4.66. The number of piperidine rings is 1. The van der Waals surface area contributed by atoms with Gasteiger partial charge in [-0.3, -0.25) is 0 Å². The van der Waals surface area contributed by atoms with Crippen LogP contribution in [0.1, 0.15) is 18.4 Å². The van der Waals surface area contributed by atoms with E-state index in [9.17, 15) is 8.78 Å². The fraction of sp³-hybridized carbons (Fsp3) is 0.333. The Hall–Kier alpha value is -0.740. The van der Waals surface area contributed by atoms with E-state index in [2.05, 4.69) is 21.2 Å². The maximum atomic E-state index is 13.7. The molecule has 1 aliphatic rings. The first-order chi connectivity index (χ1) is 7.68. The van der Waals surface area contributed by atoms with Crippen molar-refractivity contribution in [3.8, 4) is 0 Å². The smallest absolute Gasteiger partial charge is 0.147 e. The summed E-state index contributed by atoms with van der Waals surface area (Å²) in [6.45, 7) is 1.76. The molecule has 1 nitrogen and oxygen atoms in total. The van der Waals surface area contributed by atoms with Gasteiger partial charge in [0.1, 0.15) is 11.6 Å². The zero-order chi connectivity index (χ0) is 11.5. The van der Waals surface area contributed by atoms with E-state index in [-0.39, 0.29) is 5.56 Å². The molecule has 1 heterocycles. The Kier molecular flexibility index (Phi) is 3.71. The summed E-state index contributed by atoms with van der Waals surface area (Å²) < 4.78 is 27.4. The van der Waals surface area contributed by atoms with Crippen molar-refractivity contribution in [2.45, 2.75) is 12.8 Å². The molecule has 4 heteroatoms. The fourth-order valence-electron chi connectivity index (χ4n) is 1.77. The van der Waals surface area contributed by atoms with Crippen molar-refractivity contribution >= 4 is 22.0 Å². The predicted octanol–water partition coefficient (Wildman–Crippen LogP) is 3.49. The topological polar surface area (TPSA) is 12.0 Å². The summed E-state index contributed by atoms with van der Waals surface area (Å²) in [4.78, 5) is 0. The molecule has 0 saturated carbocycles. The molecule has 0 bridgehead atoms. The maximum absolute atomic E-state index is 13.7. The Morgan fingerprint density at radius 2 is 1.88 bits per heavy atom. The summed E-state index contributed by atoms with van der Waals surface area (Å²) in [5, 5.41) is 3.20. The van der Waals surface area contributed by atoms with Gasteiger partial charge in [-0.15, -0.1) is 0 Å². The quantitative estimate of drug-likeness (QED) is 0.780. The van der Waals surface area contributed by atoms with Crippen LogP contribution in [0.15, 0.2) is 22.2 Å². The molecule has 16 heavy (non-hydrogen) atoms. The van der Waals surface area contributed by atoms with Crippen LogP contribution in [0.2, 0.25) is 0 Å². The number of halogens is 3. The van der Waals surface area contributed by atoms with Crippen molar-refractivity contribution in [2.75, 3.05) is 13.1 Å². The van der Waals surface area contributed by atoms with Gasteiger partial charge in [0.15, 0.2) is 0 Å². The molecule has 1 aromatic rings. The molecule has 0 unspecified atom stereocenters. The SMILES string of the molecule is Fc1ccc(Br)c(F)c1C=C1CCNCC1. The summed E-state index contributed by atoms with van der Waals surface area (Å²) in [6, 6.07) is 2.66. The Morgan fingerprint density at radius 3 is 2.56 bits per heavy atom. The number of hydrogen-bond donors (Lipinski definition) is 1. The van der Waals surface area contributed by atoms with Crippen LogP contribution in [-0.2, 0) is 0 Å². The van der Waals surface area contributed by atoms with Crippen LogP contribution in [0, 0.1) is 11.6 Å². The van der Waals surface area contributed by atoms with Gasteiger partial charge in [0.2, 0.25) is 0 Å².